The molecule has 0 aromatic heterocycles. The van der Waals surface area contributed by atoms with Crippen molar-refractivity contribution in [3.8, 4) is 11.8 Å². The van der Waals surface area contributed by atoms with E-state index in [0.717, 1.165) is 18.4 Å². The lowest BCUT2D eigenvalue weighted by atomic mass is 9.90. The molecule has 1 aromatic carbocycles. The van der Waals surface area contributed by atoms with E-state index < -0.39 is 10.0 Å². The number of nitrogens with zero attached hydrogens (tertiary/aromatic N) is 2. The first kappa shape index (κ1) is 20.5. The molecule has 2 aliphatic rings. The molecule has 0 N–H and O–H groups in total. The molecular formula is C19H22Cl2N2O3S. The zero-order valence-electron chi connectivity index (χ0n) is 15.1. The van der Waals surface area contributed by atoms with Crippen molar-refractivity contribution in [2.45, 2.75) is 25.2 Å². The van der Waals surface area contributed by atoms with Crippen LogP contribution in [0.15, 0.2) is 18.2 Å². The van der Waals surface area contributed by atoms with Gasteiger partial charge < -0.3 is 4.90 Å². The number of piperidine rings is 1. The van der Waals surface area contributed by atoms with Gasteiger partial charge in [0, 0.05) is 38.0 Å². The molecule has 2 aliphatic heterocycles. The molecule has 5 nitrogen and oxygen atoms in total. The van der Waals surface area contributed by atoms with E-state index in [1.54, 1.807) is 11.0 Å². The maximum Gasteiger partial charge on any atom is 0.298 e. The van der Waals surface area contributed by atoms with Crippen LogP contribution in [-0.2, 0) is 14.8 Å². The Kier molecular flexibility index (Phi) is 6.37. The van der Waals surface area contributed by atoms with E-state index in [9.17, 15) is 13.2 Å². The number of likely N-dealkylation sites (tertiary alicyclic amines) is 1. The number of amides is 1. The third-order valence-corrected chi connectivity index (χ3v) is 7.14. The maximum absolute atomic E-state index is 12.5. The lowest BCUT2D eigenvalue weighted by Gasteiger charge is -2.32. The largest absolute Gasteiger partial charge is 0.331 e. The van der Waals surface area contributed by atoms with Crippen molar-refractivity contribution in [1.82, 2.24) is 9.21 Å². The smallest absolute Gasteiger partial charge is 0.298 e. The Hall–Kier alpha value is -1.26. The average Bonchev–Trinajstić information content (AvgIpc) is 3.11. The molecule has 2 unspecified atom stereocenters. The van der Waals surface area contributed by atoms with Crippen LogP contribution >= 0.6 is 23.2 Å². The molecule has 2 heterocycles. The van der Waals surface area contributed by atoms with Crippen molar-refractivity contribution in [3.63, 3.8) is 0 Å². The summed E-state index contributed by atoms with van der Waals surface area (Å²) < 4.78 is 24.5. The van der Waals surface area contributed by atoms with E-state index in [-0.39, 0.29) is 17.7 Å². The van der Waals surface area contributed by atoms with Crippen molar-refractivity contribution in [2.24, 2.45) is 5.92 Å². The minimum atomic E-state index is -3.19. The van der Waals surface area contributed by atoms with E-state index in [4.69, 9.17) is 23.2 Å². The minimum absolute atomic E-state index is 0.0839. The summed E-state index contributed by atoms with van der Waals surface area (Å²) in [6, 6.07) is 5.61. The third-order valence-electron chi connectivity index (χ3n) is 5.13. The lowest BCUT2D eigenvalue weighted by Crippen LogP contribution is -2.38. The van der Waals surface area contributed by atoms with Crippen molar-refractivity contribution >= 4 is 39.1 Å². The molecule has 2 saturated heterocycles. The van der Waals surface area contributed by atoms with Crippen molar-refractivity contribution in [2.75, 3.05) is 32.4 Å². The zero-order valence-corrected chi connectivity index (χ0v) is 17.4. The summed E-state index contributed by atoms with van der Waals surface area (Å²) in [5.74, 6) is 5.63. The number of hydrogen-bond donors (Lipinski definition) is 0. The van der Waals surface area contributed by atoms with E-state index in [0.29, 0.717) is 42.6 Å². The van der Waals surface area contributed by atoms with Gasteiger partial charge in [0.25, 0.3) is 5.91 Å². The Bertz CT molecular complexity index is 892. The zero-order chi connectivity index (χ0) is 19.6. The van der Waals surface area contributed by atoms with E-state index >= 15 is 0 Å². The van der Waals surface area contributed by atoms with E-state index in [2.05, 4.69) is 11.8 Å². The number of rotatable bonds is 2. The summed E-state index contributed by atoms with van der Waals surface area (Å²) in [6.45, 7) is 2.12. The topological polar surface area (TPSA) is 57.7 Å². The fourth-order valence-corrected chi connectivity index (χ4v) is 4.78. The van der Waals surface area contributed by atoms with Crippen molar-refractivity contribution < 1.29 is 13.2 Å². The fraction of sp³-hybridized carbons (Fsp3) is 0.526. The lowest BCUT2D eigenvalue weighted by molar-refractivity contribution is -0.126. The minimum Gasteiger partial charge on any atom is -0.331 e. The van der Waals surface area contributed by atoms with Crippen molar-refractivity contribution in [3.05, 3.63) is 33.8 Å². The first-order valence-corrected chi connectivity index (χ1v) is 11.5. The highest BCUT2D eigenvalue weighted by molar-refractivity contribution is 7.88. The van der Waals surface area contributed by atoms with Crippen LogP contribution in [0.1, 0.15) is 30.7 Å². The van der Waals surface area contributed by atoms with Crippen LogP contribution in [0.3, 0.4) is 0 Å². The summed E-state index contributed by atoms with van der Waals surface area (Å²) in [7, 11) is -3.19. The Morgan fingerprint density at radius 2 is 1.93 bits per heavy atom. The molecule has 146 valence electrons. The fourth-order valence-electron chi connectivity index (χ4n) is 3.59. The van der Waals surface area contributed by atoms with Crippen LogP contribution in [-0.4, -0.2) is 56.0 Å². The first-order chi connectivity index (χ1) is 12.7. The number of sulfonamides is 1. The number of hydrogen-bond acceptors (Lipinski definition) is 3. The number of carbonyl (C=O) groups is 1. The molecule has 27 heavy (non-hydrogen) atoms. The highest BCUT2D eigenvalue weighted by Gasteiger charge is 2.28. The number of benzene rings is 1. The van der Waals surface area contributed by atoms with Gasteiger partial charge in [-0.2, -0.15) is 0 Å². The highest BCUT2D eigenvalue weighted by Crippen LogP contribution is 2.31. The number of halogens is 2. The highest BCUT2D eigenvalue weighted by atomic mass is 35.5. The molecule has 3 rings (SSSR count). The van der Waals surface area contributed by atoms with Crippen molar-refractivity contribution in [1.29, 1.82) is 0 Å². The second-order valence-corrected chi connectivity index (χ2v) is 9.94. The van der Waals surface area contributed by atoms with Gasteiger partial charge >= 0.3 is 0 Å². The van der Waals surface area contributed by atoms with Gasteiger partial charge in [-0.25, -0.2) is 12.7 Å². The van der Waals surface area contributed by atoms with Crippen LogP contribution in [0.4, 0.5) is 0 Å². The molecule has 0 bridgehead atoms. The van der Waals surface area contributed by atoms with Gasteiger partial charge in [-0.05, 0) is 42.9 Å². The van der Waals surface area contributed by atoms with Gasteiger partial charge in [0.05, 0.1) is 16.3 Å². The molecule has 0 spiro atoms. The second-order valence-electron chi connectivity index (χ2n) is 7.14. The first-order valence-electron chi connectivity index (χ1n) is 8.94. The molecule has 8 heteroatoms. The summed E-state index contributed by atoms with van der Waals surface area (Å²) >= 11 is 12.1. The second kappa shape index (κ2) is 8.40. The third kappa shape index (κ3) is 5.17. The van der Waals surface area contributed by atoms with Crippen LogP contribution in [0.5, 0.6) is 0 Å². The Balaban J connectivity index is 1.62. The average molecular weight is 429 g/mol. The predicted molar refractivity (Wildman–Crippen MR) is 107 cm³/mol. The molecule has 1 amide bonds. The van der Waals surface area contributed by atoms with Gasteiger partial charge in [0.2, 0.25) is 10.0 Å². The van der Waals surface area contributed by atoms with Gasteiger partial charge in [0.15, 0.2) is 0 Å². The standard InChI is InChI=1S/C19H22Cl2N2O3S/c1-27(25,26)23-10-8-14(12-23)4-7-19(24)22-9-2-3-16(13-22)15-5-6-17(20)18(21)11-15/h5-6,11,14,16H,2-3,8-10,12-13H2,1H3. The van der Waals surface area contributed by atoms with Crippen LogP contribution in [0, 0.1) is 17.8 Å². The molecule has 0 aliphatic carbocycles. The normalized spacial score (nSPS) is 23.7. The molecule has 1 aromatic rings. The summed E-state index contributed by atoms with van der Waals surface area (Å²) in [6.07, 6.45) is 3.76. The Labute approximate surface area is 170 Å². The summed E-state index contributed by atoms with van der Waals surface area (Å²) in [4.78, 5) is 14.3. The van der Waals surface area contributed by atoms with Crippen LogP contribution in [0.25, 0.3) is 0 Å². The number of carbonyl (C=O) groups excluding carboxylic acids is 1. The Morgan fingerprint density at radius 1 is 1.15 bits per heavy atom. The molecule has 0 radical (unpaired) electrons. The SMILES string of the molecule is CS(=O)(=O)N1CCC(C#CC(=O)N2CCCC(c3ccc(Cl)c(Cl)c3)C2)C1. The van der Waals surface area contributed by atoms with Crippen LogP contribution in [0.2, 0.25) is 10.0 Å². The molecule has 0 saturated carbocycles. The van der Waals surface area contributed by atoms with E-state index in [1.807, 2.05) is 12.1 Å². The molecule has 2 fully saturated rings. The molecular weight excluding hydrogens is 407 g/mol. The predicted octanol–water partition coefficient (Wildman–Crippen LogP) is 2.98. The quantitative estimate of drug-likeness (QED) is 0.680. The summed E-state index contributed by atoms with van der Waals surface area (Å²) in [5, 5.41) is 1.05. The monoisotopic (exact) mass is 428 g/mol. The Morgan fingerprint density at radius 3 is 2.59 bits per heavy atom. The van der Waals surface area contributed by atoms with Crippen LogP contribution < -0.4 is 0 Å². The van der Waals surface area contributed by atoms with Gasteiger partial charge in [0.1, 0.15) is 0 Å². The summed E-state index contributed by atoms with van der Waals surface area (Å²) in [5.41, 5.74) is 1.08. The van der Waals surface area contributed by atoms with Gasteiger partial charge in [-0.1, -0.05) is 35.2 Å². The molecule has 2 atom stereocenters. The van der Waals surface area contributed by atoms with Gasteiger partial charge in [-0.3, -0.25) is 4.79 Å². The van der Waals surface area contributed by atoms with Gasteiger partial charge in [-0.15, -0.1) is 0 Å². The maximum atomic E-state index is 12.5. The van der Waals surface area contributed by atoms with E-state index in [1.165, 1.54) is 10.6 Å².